The first-order chi connectivity index (χ1) is 11.5. The van der Waals surface area contributed by atoms with Gasteiger partial charge in [-0.05, 0) is 31.0 Å². The summed E-state index contributed by atoms with van der Waals surface area (Å²) in [6.45, 7) is 0.328. The SMILES string of the molecule is O=C1CCN(C(=O)Nc2ccc(F)c(C(F)F)c2)[C@@H]2CCCC[C@H]12. The molecule has 3 rings (SSSR count). The van der Waals surface area contributed by atoms with Gasteiger partial charge in [-0.2, -0.15) is 0 Å². The summed E-state index contributed by atoms with van der Waals surface area (Å²) < 4.78 is 38.9. The predicted molar refractivity (Wildman–Crippen MR) is 82.5 cm³/mol. The molecule has 0 spiro atoms. The molecular formula is C17H19F3N2O2. The van der Waals surface area contributed by atoms with Gasteiger partial charge in [0, 0.05) is 30.6 Å². The molecule has 2 atom stereocenters. The molecule has 1 aromatic rings. The molecule has 1 aliphatic heterocycles. The summed E-state index contributed by atoms with van der Waals surface area (Å²) in [5, 5.41) is 2.56. The highest BCUT2D eigenvalue weighted by Crippen LogP contribution is 2.34. The van der Waals surface area contributed by atoms with Crippen LogP contribution >= 0.6 is 0 Å². The summed E-state index contributed by atoms with van der Waals surface area (Å²) in [7, 11) is 0. The zero-order chi connectivity index (χ0) is 17.3. The molecule has 1 heterocycles. The van der Waals surface area contributed by atoms with Crippen molar-refractivity contribution in [3.63, 3.8) is 0 Å². The first-order valence-electron chi connectivity index (χ1n) is 8.15. The Morgan fingerprint density at radius 1 is 1.25 bits per heavy atom. The Morgan fingerprint density at radius 3 is 2.75 bits per heavy atom. The van der Waals surface area contributed by atoms with Gasteiger partial charge in [0.15, 0.2) is 0 Å². The van der Waals surface area contributed by atoms with Crippen molar-refractivity contribution >= 4 is 17.5 Å². The summed E-state index contributed by atoms with van der Waals surface area (Å²) in [5.41, 5.74) is -0.613. The number of alkyl halides is 2. The van der Waals surface area contributed by atoms with Crippen LogP contribution in [0.15, 0.2) is 18.2 Å². The van der Waals surface area contributed by atoms with Gasteiger partial charge in [-0.25, -0.2) is 18.0 Å². The van der Waals surface area contributed by atoms with E-state index in [1.165, 1.54) is 6.07 Å². The molecule has 2 amide bonds. The Morgan fingerprint density at radius 2 is 2.00 bits per heavy atom. The fraction of sp³-hybridized carbons (Fsp3) is 0.529. The smallest absolute Gasteiger partial charge is 0.320 e. The highest BCUT2D eigenvalue weighted by molar-refractivity contribution is 5.92. The van der Waals surface area contributed by atoms with Crippen molar-refractivity contribution in [3.05, 3.63) is 29.6 Å². The van der Waals surface area contributed by atoms with Crippen LogP contribution in [0, 0.1) is 11.7 Å². The molecule has 1 saturated carbocycles. The number of carbonyl (C=O) groups excluding carboxylic acids is 2. The molecule has 7 heteroatoms. The summed E-state index contributed by atoms with van der Waals surface area (Å²) in [6, 6.07) is 2.57. The zero-order valence-electron chi connectivity index (χ0n) is 13.1. The van der Waals surface area contributed by atoms with Gasteiger partial charge in [-0.3, -0.25) is 4.79 Å². The van der Waals surface area contributed by atoms with Crippen LogP contribution in [0.25, 0.3) is 0 Å². The Kier molecular flexibility index (Phi) is 4.78. The molecule has 2 fully saturated rings. The molecule has 2 aliphatic rings. The Hall–Kier alpha value is -2.05. The fourth-order valence-electron chi connectivity index (χ4n) is 3.68. The number of nitrogens with zero attached hydrogens (tertiary/aromatic N) is 1. The minimum Gasteiger partial charge on any atom is -0.320 e. The largest absolute Gasteiger partial charge is 0.322 e. The first kappa shape index (κ1) is 16.8. The topological polar surface area (TPSA) is 49.4 Å². The van der Waals surface area contributed by atoms with Gasteiger partial charge < -0.3 is 10.2 Å². The Bertz CT molecular complexity index is 651. The first-order valence-corrected chi connectivity index (χ1v) is 8.15. The van der Waals surface area contributed by atoms with Crippen molar-refractivity contribution in [3.8, 4) is 0 Å². The highest BCUT2D eigenvalue weighted by atomic mass is 19.3. The summed E-state index contributed by atoms with van der Waals surface area (Å²) in [6.07, 6.45) is 0.884. The second-order valence-electron chi connectivity index (χ2n) is 6.34. The monoisotopic (exact) mass is 340 g/mol. The standard InChI is InChI=1S/C17H19F3N2O2/c18-13-6-5-10(9-12(13)16(19)20)21-17(24)22-8-7-15(23)11-3-1-2-4-14(11)22/h5-6,9,11,14,16H,1-4,7-8H2,(H,21,24)/t11-,14+/m0/s1. The maximum atomic E-state index is 13.3. The summed E-state index contributed by atoms with van der Waals surface area (Å²) >= 11 is 0. The molecule has 1 aliphatic carbocycles. The number of amides is 2. The van der Waals surface area contributed by atoms with Crippen molar-refractivity contribution in [1.29, 1.82) is 0 Å². The maximum Gasteiger partial charge on any atom is 0.322 e. The van der Waals surface area contributed by atoms with Crippen LogP contribution in [0.5, 0.6) is 0 Å². The zero-order valence-corrected chi connectivity index (χ0v) is 13.1. The van der Waals surface area contributed by atoms with E-state index >= 15 is 0 Å². The van der Waals surface area contributed by atoms with Crippen molar-refractivity contribution in [2.24, 2.45) is 5.92 Å². The average molecular weight is 340 g/mol. The highest BCUT2D eigenvalue weighted by Gasteiger charge is 2.40. The van der Waals surface area contributed by atoms with Crippen LogP contribution in [0.1, 0.15) is 44.1 Å². The molecule has 1 aromatic carbocycles. The lowest BCUT2D eigenvalue weighted by Gasteiger charge is -2.42. The van der Waals surface area contributed by atoms with Gasteiger partial charge in [0.25, 0.3) is 6.43 Å². The van der Waals surface area contributed by atoms with Crippen molar-refractivity contribution in [1.82, 2.24) is 4.90 Å². The lowest BCUT2D eigenvalue weighted by molar-refractivity contribution is -0.129. The number of nitrogens with one attached hydrogen (secondary N) is 1. The van der Waals surface area contributed by atoms with Crippen LogP contribution < -0.4 is 5.32 Å². The molecule has 24 heavy (non-hydrogen) atoms. The number of rotatable bonds is 2. The van der Waals surface area contributed by atoms with E-state index in [0.717, 1.165) is 37.8 Å². The van der Waals surface area contributed by atoms with E-state index < -0.39 is 23.8 Å². The van der Waals surface area contributed by atoms with Crippen LogP contribution in [0.3, 0.4) is 0 Å². The third-order valence-electron chi connectivity index (χ3n) is 4.89. The predicted octanol–water partition coefficient (Wildman–Crippen LogP) is 4.13. The van der Waals surface area contributed by atoms with E-state index in [1.54, 1.807) is 4.90 Å². The quantitative estimate of drug-likeness (QED) is 0.880. The molecule has 1 saturated heterocycles. The molecule has 130 valence electrons. The molecule has 0 radical (unpaired) electrons. The molecular weight excluding hydrogens is 321 g/mol. The van der Waals surface area contributed by atoms with Crippen LogP contribution in [-0.2, 0) is 4.79 Å². The average Bonchev–Trinajstić information content (AvgIpc) is 2.57. The Labute approximate surface area is 138 Å². The number of hydrogen-bond donors (Lipinski definition) is 1. The molecule has 0 unspecified atom stereocenters. The number of carbonyl (C=O) groups is 2. The maximum absolute atomic E-state index is 13.3. The van der Waals surface area contributed by atoms with Crippen LogP contribution in [0.2, 0.25) is 0 Å². The number of fused-ring (bicyclic) bond motifs is 1. The number of urea groups is 1. The van der Waals surface area contributed by atoms with Gasteiger partial charge in [-0.15, -0.1) is 0 Å². The third-order valence-corrected chi connectivity index (χ3v) is 4.89. The molecule has 4 nitrogen and oxygen atoms in total. The minimum atomic E-state index is -2.95. The number of ketones is 1. The van der Waals surface area contributed by atoms with Gasteiger partial charge in [0.05, 0.1) is 5.56 Å². The number of hydrogen-bond acceptors (Lipinski definition) is 2. The second kappa shape index (κ2) is 6.83. The van der Waals surface area contributed by atoms with E-state index in [4.69, 9.17) is 0 Å². The number of Topliss-reactive ketones (excluding diaryl/α,β-unsaturated/α-hetero) is 1. The molecule has 0 aromatic heterocycles. The number of likely N-dealkylation sites (tertiary alicyclic amines) is 1. The van der Waals surface area contributed by atoms with Gasteiger partial charge in [-0.1, -0.05) is 12.8 Å². The molecule has 1 N–H and O–H groups in total. The second-order valence-corrected chi connectivity index (χ2v) is 6.34. The van der Waals surface area contributed by atoms with Crippen molar-refractivity contribution in [2.75, 3.05) is 11.9 Å². The number of piperidine rings is 1. The van der Waals surface area contributed by atoms with Crippen LogP contribution in [0.4, 0.5) is 23.7 Å². The van der Waals surface area contributed by atoms with E-state index in [1.807, 2.05) is 0 Å². The lowest BCUT2D eigenvalue weighted by atomic mass is 9.77. The van der Waals surface area contributed by atoms with Gasteiger partial charge in [0.2, 0.25) is 0 Å². The molecule has 0 bridgehead atoms. The van der Waals surface area contributed by atoms with Crippen LogP contribution in [-0.4, -0.2) is 29.3 Å². The summed E-state index contributed by atoms with van der Waals surface area (Å²) in [5.74, 6) is -0.924. The third kappa shape index (κ3) is 3.25. The Balaban J connectivity index is 1.75. The van der Waals surface area contributed by atoms with E-state index in [0.29, 0.717) is 13.0 Å². The normalized spacial score (nSPS) is 24.0. The van der Waals surface area contributed by atoms with E-state index in [-0.39, 0.29) is 23.4 Å². The van der Waals surface area contributed by atoms with Crippen molar-refractivity contribution in [2.45, 2.75) is 44.6 Å². The fourth-order valence-corrected chi connectivity index (χ4v) is 3.68. The minimum absolute atomic E-state index is 0.122. The number of benzene rings is 1. The number of halogens is 3. The van der Waals surface area contributed by atoms with E-state index in [2.05, 4.69) is 5.32 Å². The summed E-state index contributed by atoms with van der Waals surface area (Å²) in [4.78, 5) is 26.2. The number of anilines is 1. The van der Waals surface area contributed by atoms with Gasteiger partial charge >= 0.3 is 6.03 Å². The van der Waals surface area contributed by atoms with Crippen molar-refractivity contribution < 1.29 is 22.8 Å². The van der Waals surface area contributed by atoms with E-state index in [9.17, 15) is 22.8 Å². The lowest BCUT2D eigenvalue weighted by Crippen LogP contribution is -2.54. The van der Waals surface area contributed by atoms with Gasteiger partial charge in [0.1, 0.15) is 11.6 Å².